The van der Waals surface area contributed by atoms with Crippen LogP contribution >= 0.6 is 12.6 Å². The molecule has 3 N–H and O–H groups in total. The molecule has 1 amide bonds. The Bertz CT molecular complexity index is 297. The van der Waals surface area contributed by atoms with Gasteiger partial charge in [0, 0.05) is 12.7 Å². The first-order chi connectivity index (χ1) is 7.92. The summed E-state index contributed by atoms with van der Waals surface area (Å²) in [5.74, 6) is -2.40. The van der Waals surface area contributed by atoms with Gasteiger partial charge in [0.05, 0.1) is 6.61 Å². The highest BCUT2D eigenvalue weighted by Crippen LogP contribution is 1.94. The van der Waals surface area contributed by atoms with Crippen molar-refractivity contribution in [2.45, 2.75) is 26.1 Å². The molecule has 98 valence electrons. The van der Waals surface area contributed by atoms with Gasteiger partial charge in [0.25, 0.3) is 0 Å². The van der Waals surface area contributed by atoms with E-state index in [1.54, 1.807) is 6.92 Å². The number of aliphatic carboxylic acids is 1. The standard InChI is InChI=1S/C9H16N2O5S/c1-3-16-9(15)7(10-5(2)12)11-6(4-17)8(13)14/h6-7,11,17H,3-4H2,1-2H3,(H,10,12)(H,13,14). The minimum atomic E-state index is -1.19. The number of thiol groups is 1. The molecule has 0 fully saturated rings. The zero-order chi connectivity index (χ0) is 13.4. The maximum absolute atomic E-state index is 11.4. The van der Waals surface area contributed by atoms with E-state index in [2.05, 4.69) is 23.3 Å². The number of esters is 1. The Hall–Kier alpha value is -1.28. The van der Waals surface area contributed by atoms with Crippen molar-refractivity contribution in [3.8, 4) is 0 Å². The minimum absolute atomic E-state index is 0.0230. The third kappa shape index (κ3) is 6.12. The Morgan fingerprint density at radius 2 is 2.00 bits per heavy atom. The topological polar surface area (TPSA) is 105 Å². The van der Waals surface area contributed by atoms with Crippen LogP contribution in [0.4, 0.5) is 0 Å². The summed E-state index contributed by atoms with van der Waals surface area (Å²) < 4.78 is 4.70. The lowest BCUT2D eigenvalue weighted by Gasteiger charge is -2.21. The van der Waals surface area contributed by atoms with E-state index in [9.17, 15) is 14.4 Å². The molecule has 0 saturated heterocycles. The molecule has 0 aromatic heterocycles. The molecular formula is C9H16N2O5S. The van der Waals surface area contributed by atoms with Gasteiger partial charge in [-0.15, -0.1) is 0 Å². The Morgan fingerprint density at radius 3 is 2.35 bits per heavy atom. The summed E-state index contributed by atoms with van der Waals surface area (Å²) in [5, 5.41) is 13.5. The lowest BCUT2D eigenvalue weighted by Crippen LogP contribution is -2.56. The molecule has 0 radical (unpaired) electrons. The Kier molecular flexibility index (Phi) is 7.31. The van der Waals surface area contributed by atoms with Crippen LogP contribution in [0.25, 0.3) is 0 Å². The summed E-state index contributed by atoms with van der Waals surface area (Å²) in [6, 6.07) is -1.06. The highest BCUT2D eigenvalue weighted by molar-refractivity contribution is 7.80. The van der Waals surface area contributed by atoms with Crippen molar-refractivity contribution in [1.82, 2.24) is 10.6 Å². The molecule has 0 aromatic rings. The fourth-order valence-electron chi connectivity index (χ4n) is 1.00. The molecule has 2 unspecified atom stereocenters. The van der Waals surface area contributed by atoms with Crippen LogP contribution < -0.4 is 10.6 Å². The fourth-order valence-corrected chi connectivity index (χ4v) is 1.26. The van der Waals surface area contributed by atoms with E-state index in [0.29, 0.717) is 0 Å². The average Bonchev–Trinajstić information content (AvgIpc) is 2.23. The second-order valence-corrected chi connectivity index (χ2v) is 3.49. The lowest BCUT2D eigenvalue weighted by molar-refractivity contribution is -0.149. The molecule has 0 aliphatic heterocycles. The molecule has 0 heterocycles. The van der Waals surface area contributed by atoms with Crippen molar-refractivity contribution in [1.29, 1.82) is 0 Å². The van der Waals surface area contributed by atoms with E-state index >= 15 is 0 Å². The zero-order valence-electron chi connectivity index (χ0n) is 9.60. The third-order valence-corrected chi connectivity index (χ3v) is 2.08. The monoisotopic (exact) mass is 264 g/mol. The fraction of sp³-hybridized carbons (Fsp3) is 0.667. The van der Waals surface area contributed by atoms with Crippen molar-refractivity contribution in [2.75, 3.05) is 12.4 Å². The number of ether oxygens (including phenoxy) is 1. The number of hydrogen-bond acceptors (Lipinski definition) is 6. The molecule has 2 atom stereocenters. The van der Waals surface area contributed by atoms with Gasteiger partial charge in [0.1, 0.15) is 6.04 Å². The number of rotatable bonds is 7. The van der Waals surface area contributed by atoms with Crippen molar-refractivity contribution < 1.29 is 24.2 Å². The smallest absolute Gasteiger partial charge is 0.343 e. The van der Waals surface area contributed by atoms with E-state index in [-0.39, 0.29) is 12.4 Å². The van der Waals surface area contributed by atoms with Gasteiger partial charge in [0.15, 0.2) is 6.17 Å². The second kappa shape index (κ2) is 7.91. The second-order valence-electron chi connectivity index (χ2n) is 3.13. The van der Waals surface area contributed by atoms with Crippen LogP contribution in [-0.4, -0.2) is 47.5 Å². The Labute approximate surface area is 104 Å². The van der Waals surface area contributed by atoms with Gasteiger partial charge in [-0.05, 0) is 6.92 Å². The maximum Gasteiger partial charge on any atom is 0.343 e. The summed E-state index contributed by atoms with van der Waals surface area (Å²) in [4.78, 5) is 33.1. The third-order valence-electron chi connectivity index (χ3n) is 1.72. The molecule has 0 aromatic carbocycles. The molecule has 0 aliphatic carbocycles. The van der Waals surface area contributed by atoms with Crippen molar-refractivity contribution in [3.05, 3.63) is 0 Å². The highest BCUT2D eigenvalue weighted by Gasteiger charge is 2.26. The summed E-state index contributed by atoms with van der Waals surface area (Å²) in [5.41, 5.74) is 0. The van der Waals surface area contributed by atoms with Crippen LogP contribution in [0.5, 0.6) is 0 Å². The molecule has 17 heavy (non-hydrogen) atoms. The van der Waals surface area contributed by atoms with Gasteiger partial charge >= 0.3 is 11.9 Å². The normalized spacial score (nSPS) is 13.6. The molecule has 0 aliphatic rings. The number of carboxylic acids is 1. The van der Waals surface area contributed by atoms with Crippen LogP contribution in [0.2, 0.25) is 0 Å². The number of carbonyl (C=O) groups excluding carboxylic acids is 2. The molecule has 7 nitrogen and oxygen atoms in total. The summed E-state index contributed by atoms with van der Waals surface area (Å²) in [6.07, 6.45) is -1.19. The Morgan fingerprint density at radius 1 is 1.41 bits per heavy atom. The molecule has 0 rings (SSSR count). The first-order valence-electron chi connectivity index (χ1n) is 4.95. The van der Waals surface area contributed by atoms with Gasteiger partial charge < -0.3 is 15.2 Å². The quantitative estimate of drug-likeness (QED) is 0.267. The molecule has 0 spiro atoms. The van der Waals surface area contributed by atoms with E-state index < -0.39 is 30.1 Å². The van der Waals surface area contributed by atoms with Crippen LogP contribution in [0.3, 0.4) is 0 Å². The molecule has 8 heteroatoms. The summed E-state index contributed by atoms with van der Waals surface area (Å²) in [7, 11) is 0. The van der Waals surface area contributed by atoms with Gasteiger partial charge in [-0.2, -0.15) is 12.6 Å². The van der Waals surface area contributed by atoms with Crippen molar-refractivity contribution >= 4 is 30.5 Å². The van der Waals surface area contributed by atoms with E-state index in [0.717, 1.165) is 0 Å². The van der Waals surface area contributed by atoms with Crippen LogP contribution in [0.15, 0.2) is 0 Å². The van der Waals surface area contributed by atoms with Crippen molar-refractivity contribution in [2.24, 2.45) is 0 Å². The van der Waals surface area contributed by atoms with Crippen LogP contribution in [-0.2, 0) is 19.1 Å². The SMILES string of the molecule is CCOC(=O)C(NC(C)=O)NC(CS)C(=O)O. The van der Waals surface area contributed by atoms with Crippen molar-refractivity contribution in [3.63, 3.8) is 0 Å². The number of hydrogen-bond donors (Lipinski definition) is 4. The predicted molar refractivity (Wildman–Crippen MR) is 62.7 cm³/mol. The average molecular weight is 264 g/mol. The molecule has 0 saturated carbocycles. The van der Waals surface area contributed by atoms with Gasteiger partial charge in [-0.3, -0.25) is 14.9 Å². The summed E-state index contributed by atoms with van der Waals surface area (Å²) >= 11 is 3.83. The number of amides is 1. The number of carbonyl (C=O) groups is 3. The first-order valence-corrected chi connectivity index (χ1v) is 5.59. The van der Waals surface area contributed by atoms with E-state index in [1.807, 2.05) is 0 Å². The summed E-state index contributed by atoms with van der Waals surface area (Å²) in [6.45, 7) is 2.95. The first kappa shape index (κ1) is 15.7. The van der Waals surface area contributed by atoms with Gasteiger partial charge in [-0.1, -0.05) is 0 Å². The highest BCUT2D eigenvalue weighted by atomic mass is 32.1. The van der Waals surface area contributed by atoms with Crippen LogP contribution in [0.1, 0.15) is 13.8 Å². The largest absolute Gasteiger partial charge is 0.480 e. The van der Waals surface area contributed by atoms with E-state index in [1.165, 1.54) is 6.92 Å². The van der Waals surface area contributed by atoms with Crippen LogP contribution in [0, 0.1) is 0 Å². The maximum atomic E-state index is 11.4. The zero-order valence-corrected chi connectivity index (χ0v) is 10.5. The van der Waals surface area contributed by atoms with E-state index in [4.69, 9.17) is 9.84 Å². The number of nitrogens with one attached hydrogen (secondary N) is 2. The minimum Gasteiger partial charge on any atom is -0.480 e. The molecular weight excluding hydrogens is 248 g/mol. The number of carboxylic acid groups (broad SMARTS) is 1. The predicted octanol–water partition coefficient (Wildman–Crippen LogP) is -1.02. The Balaban J connectivity index is 4.62. The van der Waals surface area contributed by atoms with Gasteiger partial charge in [-0.25, -0.2) is 4.79 Å². The lowest BCUT2D eigenvalue weighted by atomic mass is 10.3. The van der Waals surface area contributed by atoms with Gasteiger partial charge in [0.2, 0.25) is 5.91 Å². The molecule has 0 bridgehead atoms.